The van der Waals surface area contributed by atoms with Gasteiger partial charge in [0.25, 0.3) is 0 Å². The number of carboxylic acids is 1. The number of aliphatic hydroxyl groups is 1. The summed E-state index contributed by atoms with van der Waals surface area (Å²) in [7, 11) is 0. The van der Waals surface area contributed by atoms with E-state index in [1.165, 1.54) is 4.90 Å². The zero-order valence-corrected chi connectivity index (χ0v) is 12.1. The Labute approximate surface area is 123 Å². The fourth-order valence-electron chi connectivity index (χ4n) is 1.68. The van der Waals surface area contributed by atoms with E-state index in [2.05, 4.69) is 5.32 Å². The quantitative estimate of drug-likeness (QED) is 0.706. The Balaban J connectivity index is 2.61. The van der Waals surface area contributed by atoms with E-state index in [1.54, 1.807) is 24.3 Å². The van der Waals surface area contributed by atoms with E-state index < -0.39 is 12.6 Å². The largest absolute Gasteiger partial charge is 0.482 e. The second kappa shape index (κ2) is 8.11. The minimum Gasteiger partial charge on any atom is -0.482 e. The number of ether oxygens (including phenoxy) is 1. The van der Waals surface area contributed by atoms with Crippen LogP contribution in [0, 0.1) is 0 Å². The van der Waals surface area contributed by atoms with Gasteiger partial charge in [0.15, 0.2) is 6.61 Å². The van der Waals surface area contributed by atoms with Crippen LogP contribution in [0.1, 0.15) is 13.8 Å². The van der Waals surface area contributed by atoms with Crippen LogP contribution >= 0.6 is 0 Å². The smallest absolute Gasteiger partial charge is 0.341 e. The van der Waals surface area contributed by atoms with Gasteiger partial charge in [-0.1, -0.05) is 0 Å². The number of benzene rings is 1. The van der Waals surface area contributed by atoms with Crippen molar-refractivity contribution in [2.75, 3.05) is 25.1 Å². The second-order valence-electron chi connectivity index (χ2n) is 4.65. The highest BCUT2D eigenvalue weighted by Crippen LogP contribution is 2.16. The summed E-state index contributed by atoms with van der Waals surface area (Å²) < 4.78 is 5.00. The van der Waals surface area contributed by atoms with E-state index in [4.69, 9.17) is 14.9 Å². The molecule has 0 aliphatic rings. The van der Waals surface area contributed by atoms with E-state index in [0.717, 1.165) is 0 Å². The lowest BCUT2D eigenvalue weighted by Crippen LogP contribution is -2.41. The van der Waals surface area contributed by atoms with E-state index in [0.29, 0.717) is 11.4 Å². The summed E-state index contributed by atoms with van der Waals surface area (Å²) in [6.07, 6.45) is 0. The van der Waals surface area contributed by atoms with Crippen molar-refractivity contribution in [3.8, 4) is 5.75 Å². The first kappa shape index (κ1) is 16.8. The Morgan fingerprint density at radius 1 is 1.29 bits per heavy atom. The Morgan fingerprint density at radius 3 is 2.38 bits per heavy atom. The normalized spacial score (nSPS) is 10.3. The first-order valence-electron chi connectivity index (χ1n) is 6.57. The number of anilines is 1. The van der Waals surface area contributed by atoms with Gasteiger partial charge in [0.2, 0.25) is 0 Å². The zero-order chi connectivity index (χ0) is 15.8. The van der Waals surface area contributed by atoms with Gasteiger partial charge in [0.1, 0.15) is 5.75 Å². The van der Waals surface area contributed by atoms with Crippen LogP contribution < -0.4 is 10.1 Å². The zero-order valence-electron chi connectivity index (χ0n) is 12.1. The molecule has 1 aromatic rings. The number of rotatable bonds is 7. The molecule has 0 aromatic heterocycles. The molecule has 2 amide bonds. The molecule has 0 fully saturated rings. The topological polar surface area (TPSA) is 99.1 Å². The number of nitrogens with zero attached hydrogens (tertiary/aromatic N) is 1. The van der Waals surface area contributed by atoms with Crippen molar-refractivity contribution in [2.24, 2.45) is 0 Å². The van der Waals surface area contributed by atoms with Crippen molar-refractivity contribution >= 4 is 17.7 Å². The van der Waals surface area contributed by atoms with Crippen LogP contribution in [-0.2, 0) is 4.79 Å². The molecule has 0 radical (unpaired) electrons. The molecule has 7 heteroatoms. The van der Waals surface area contributed by atoms with Crippen LogP contribution in [0.25, 0.3) is 0 Å². The monoisotopic (exact) mass is 296 g/mol. The molecule has 21 heavy (non-hydrogen) atoms. The van der Waals surface area contributed by atoms with Gasteiger partial charge in [-0.25, -0.2) is 9.59 Å². The van der Waals surface area contributed by atoms with Gasteiger partial charge in [-0.2, -0.15) is 0 Å². The molecule has 0 aliphatic heterocycles. The van der Waals surface area contributed by atoms with Gasteiger partial charge >= 0.3 is 12.0 Å². The van der Waals surface area contributed by atoms with Crippen LogP contribution in [0.2, 0.25) is 0 Å². The molecule has 0 saturated carbocycles. The SMILES string of the molecule is CC(C)N(CCO)C(=O)Nc1ccc(OCC(=O)O)cc1. The Morgan fingerprint density at radius 2 is 1.90 bits per heavy atom. The van der Waals surface area contributed by atoms with E-state index in [9.17, 15) is 9.59 Å². The number of hydrogen-bond acceptors (Lipinski definition) is 4. The van der Waals surface area contributed by atoms with Gasteiger partial charge in [-0.15, -0.1) is 0 Å². The van der Waals surface area contributed by atoms with Crippen molar-refractivity contribution in [1.29, 1.82) is 0 Å². The standard InChI is InChI=1S/C14H20N2O5/c1-10(2)16(7-8-17)14(20)15-11-3-5-12(6-4-11)21-9-13(18)19/h3-6,10,17H,7-9H2,1-2H3,(H,15,20)(H,18,19). The predicted octanol–water partition coefficient (Wildman–Crippen LogP) is 1.38. The van der Waals surface area contributed by atoms with Crippen molar-refractivity contribution in [3.63, 3.8) is 0 Å². The number of carbonyl (C=O) groups excluding carboxylic acids is 1. The van der Waals surface area contributed by atoms with Crippen molar-refractivity contribution in [2.45, 2.75) is 19.9 Å². The van der Waals surface area contributed by atoms with Crippen LogP contribution in [0.5, 0.6) is 5.75 Å². The third-order valence-electron chi connectivity index (χ3n) is 2.69. The number of aliphatic hydroxyl groups excluding tert-OH is 1. The minimum absolute atomic E-state index is 0.0321. The van der Waals surface area contributed by atoms with Crippen LogP contribution in [0.4, 0.5) is 10.5 Å². The van der Waals surface area contributed by atoms with Gasteiger partial charge in [-0.3, -0.25) is 0 Å². The Hall–Kier alpha value is -2.28. The lowest BCUT2D eigenvalue weighted by Gasteiger charge is -2.26. The van der Waals surface area contributed by atoms with Crippen molar-refractivity contribution < 1.29 is 24.5 Å². The van der Waals surface area contributed by atoms with Gasteiger partial charge in [0, 0.05) is 18.3 Å². The first-order chi connectivity index (χ1) is 9.93. The Bertz CT molecular complexity index is 473. The molecular formula is C14H20N2O5. The molecule has 7 nitrogen and oxygen atoms in total. The summed E-state index contributed by atoms with van der Waals surface area (Å²) in [4.78, 5) is 23.9. The van der Waals surface area contributed by atoms with Gasteiger partial charge in [-0.05, 0) is 38.1 Å². The van der Waals surface area contributed by atoms with E-state index in [-0.39, 0.29) is 25.2 Å². The second-order valence-corrected chi connectivity index (χ2v) is 4.65. The predicted molar refractivity (Wildman–Crippen MR) is 77.5 cm³/mol. The first-order valence-corrected chi connectivity index (χ1v) is 6.57. The fraction of sp³-hybridized carbons (Fsp3) is 0.429. The minimum atomic E-state index is -1.05. The summed E-state index contributed by atoms with van der Waals surface area (Å²) in [5.41, 5.74) is 0.561. The number of urea groups is 1. The molecule has 1 aromatic carbocycles. The summed E-state index contributed by atoms with van der Waals surface area (Å²) in [5, 5.41) is 20.2. The molecule has 0 spiro atoms. The molecule has 0 heterocycles. The van der Waals surface area contributed by atoms with E-state index in [1.807, 2.05) is 13.8 Å². The average molecular weight is 296 g/mol. The highest BCUT2D eigenvalue weighted by Gasteiger charge is 2.16. The number of hydrogen-bond donors (Lipinski definition) is 3. The number of nitrogens with one attached hydrogen (secondary N) is 1. The molecule has 0 atom stereocenters. The van der Waals surface area contributed by atoms with Gasteiger partial charge in [0.05, 0.1) is 6.61 Å². The summed E-state index contributed by atoms with van der Waals surface area (Å²) >= 11 is 0. The molecule has 0 saturated heterocycles. The molecule has 1 rings (SSSR count). The highest BCUT2D eigenvalue weighted by atomic mass is 16.5. The third kappa shape index (κ3) is 5.70. The molecule has 3 N–H and O–H groups in total. The maximum absolute atomic E-state index is 12.0. The van der Waals surface area contributed by atoms with Gasteiger partial charge < -0.3 is 25.2 Å². The molecule has 0 unspecified atom stereocenters. The maximum atomic E-state index is 12.0. The van der Waals surface area contributed by atoms with Crippen LogP contribution in [0.3, 0.4) is 0 Å². The molecule has 0 aliphatic carbocycles. The molecular weight excluding hydrogens is 276 g/mol. The number of amides is 2. The van der Waals surface area contributed by atoms with E-state index >= 15 is 0 Å². The van der Waals surface area contributed by atoms with Crippen molar-refractivity contribution in [1.82, 2.24) is 4.90 Å². The highest BCUT2D eigenvalue weighted by molar-refractivity contribution is 5.89. The summed E-state index contributed by atoms with van der Waals surface area (Å²) in [5.74, 6) is -0.643. The molecule has 116 valence electrons. The number of carbonyl (C=O) groups is 2. The van der Waals surface area contributed by atoms with Crippen molar-refractivity contribution in [3.05, 3.63) is 24.3 Å². The summed E-state index contributed by atoms with van der Waals surface area (Å²) in [6.45, 7) is 3.45. The van der Waals surface area contributed by atoms with Crippen LogP contribution in [0.15, 0.2) is 24.3 Å². The lowest BCUT2D eigenvalue weighted by molar-refractivity contribution is -0.139. The number of carboxylic acid groups (broad SMARTS) is 1. The fourth-order valence-corrected chi connectivity index (χ4v) is 1.68. The summed E-state index contributed by atoms with van der Waals surface area (Å²) in [6, 6.07) is 6.04. The van der Waals surface area contributed by atoms with Crippen LogP contribution in [-0.4, -0.2) is 52.9 Å². The average Bonchev–Trinajstić information content (AvgIpc) is 2.43. The number of aliphatic carboxylic acids is 1. The lowest BCUT2D eigenvalue weighted by atomic mass is 10.3. The Kier molecular flexibility index (Phi) is 6.48. The molecule has 0 bridgehead atoms. The third-order valence-corrected chi connectivity index (χ3v) is 2.69. The maximum Gasteiger partial charge on any atom is 0.341 e.